The third-order valence-corrected chi connectivity index (χ3v) is 5.21. The summed E-state index contributed by atoms with van der Waals surface area (Å²) in [5.74, 6) is 0. The summed E-state index contributed by atoms with van der Waals surface area (Å²) in [6.07, 6.45) is 14.8. The molecule has 3 N–H and O–H groups in total. The molecular weight excluding hydrogens is 427 g/mol. The Labute approximate surface area is 203 Å². The molecule has 0 saturated carbocycles. The van der Waals surface area contributed by atoms with Gasteiger partial charge in [0.05, 0.1) is 16.8 Å². The van der Waals surface area contributed by atoms with Crippen LogP contribution in [0.2, 0.25) is 0 Å². The van der Waals surface area contributed by atoms with Gasteiger partial charge in [0.2, 0.25) is 0 Å². The number of alkyl halides is 1. The Morgan fingerprint density at radius 2 is 2.18 bits per heavy atom. The number of nitrogens with one attached hydrogen (secondary N) is 3. The molecular formula is C27H35FN6. The number of aromatic amines is 1. The minimum absolute atomic E-state index is 0. The molecule has 34 heavy (non-hydrogen) atoms. The lowest BCUT2D eigenvalue weighted by atomic mass is 9.98. The summed E-state index contributed by atoms with van der Waals surface area (Å²) >= 11 is 0. The van der Waals surface area contributed by atoms with E-state index in [1.165, 1.54) is 13.8 Å². The van der Waals surface area contributed by atoms with E-state index in [4.69, 9.17) is 0 Å². The van der Waals surface area contributed by atoms with Gasteiger partial charge in [0.25, 0.3) is 0 Å². The van der Waals surface area contributed by atoms with Gasteiger partial charge in [0.15, 0.2) is 0 Å². The van der Waals surface area contributed by atoms with Crippen LogP contribution in [0.25, 0.3) is 22.2 Å². The van der Waals surface area contributed by atoms with E-state index in [2.05, 4.69) is 49.5 Å². The van der Waals surface area contributed by atoms with Gasteiger partial charge >= 0.3 is 0 Å². The van der Waals surface area contributed by atoms with Gasteiger partial charge in [-0.1, -0.05) is 25.3 Å². The minimum atomic E-state index is -1.38. The number of hydrogen-bond donors (Lipinski definition) is 3. The van der Waals surface area contributed by atoms with E-state index in [1.807, 2.05) is 50.7 Å². The van der Waals surface area contributed by atoms with Crippen LogP contribution in [0.3, 0.4) is 0 Å². The molecule has 2 aromatic heterocycles. The molecule has 180 valence electrons. The largest absolute Gasteiger partial charge is 0.375 e. The Kier molecular flexibility index (Phi) is 7.82. The maximum absolute atomic E-state index is 14.1. The Morgan fingerprint density at radius 1 is 1.38 bits per heavy atom. The van der Waals surface area contributed by atoms with Crippen molar-refractivity contribution in [2.75, 3.05) is 13.1 Å². The van der Waals surface area contributed by atoms with E-state index in [1.54, 1.807) is 12.4 Å². The maximum Gasteiger partial charge on any atom is 0.141 e. The molecule has 0 amide bonds. The molecule has 0 atom stereocenters. The molecule has 6 nitrogen and oxygen atoms in total. The quantitative estimate of drug-likeness (QED) is 0.321. The number of nitrogens with zero attached hydrogens (tertiary/aromatic N) is 3. The van der Waals surface area contributed by atoms with Crippen LogP contribution in [-0.4, -0.2) is 39.9 Å². The van der Waals surface area contributed by atoms with Gasteiger partial charge in [0, 0.05) is 57.0 Å². The summed E-state index contributed by atoms with van der Waals surface area (Å²) in [5.41, 5.74) is 7.96. The van der Waals surface area contributed by atoms with Crippen LogP contribution in [0.1, 0.15) is 41.8 Å². The zero-order chi connectivity index (χ0) is 24.7. The summed E-state index contributed by atoms with van der Waals surface area (Å²) in [7, 11) is 0. The smallest absolute Gasteiger partial charge is 0.141 e. The van der Waals surface area contributed by atoms with Crippen LogP contribution >= 0.6 is 0 Å². The second-order valence-electron chi connectivity index (χ2n) is 8.25. The van der Waals surface area contributed by atoms with Crippen molar-refractivity contribution >= 4 is 28.4 Å². The number of H-pyrrole nitrogens is 1. The third kappa shape index (κ3) is 5.50. The van der Waals surface area contributed by atoms with Crippen LogP contribution < -0.4 is 10.6 Å². The lowest BCUT2D eigenvalue weighted by Gasteiger charge is -2.20. The fraction of sp³-hybridized carbons (Fsp3) is 0.259. The van der Waals surface area contributed by atoms with Crippen LogP contribution in [0, 0.1) is 0 Å². The van der Waals surface area contributed by atoms with Gasteiger partial charge in [-0.25, -0.2) is 14.4 Å². The predicted octanol–water partition coefficient (Wildman–Crippen LogP) is 5.89. The zero-order valence-electron chi connectivity index (χ0n) is 20.2. The lowest BCUT2D eigenvalue weighted by molar-refractivity contribution is 0.216. The maximum atomic E-state index is 14.1. The topological polar surface area (TPSA) is 78.0 Å². The highest BCUT2D eigenvalue weighted by molar-refractivity contribution is 6.15. The van der Waals surface area contributed by atoms with Crippen LogP contribution in [0.4, 0.5) is 4.39 Å². The number of aliphatic imine (C=N–C) groups is 1. The molecule has 0 aromatic carbocycles. The first-order valence-corrected chi connectivity index (χ1v) is 11.2. The molecule has 0 fully saturated rings. The van der Waals surface area contributed by atoms with Crippen molar-refractivity contribution in [3.63, 3.8) is 0 Å². The molecule has 0 spiro atoms. The number of allylic oxidation sites excluding steroid dienone is 6. The number of hydrogen-bond acceptors (Lipinski definition) is 5. The molecule has 0 unspecified atom stereocenters. The van der Waals surface area contributed by atoms with E-state index in [0.29, 0.717) is 12.2 Å². The number of fused-ring (bicyclic) bond motifs is 1. The number of aromatic nitrogens is 3. The van der Waals surface area contributed by atoms with Gasteiger partial charge in [0.1, 0.15) is 17.6 Å². The summed E-state index contributed by atoms with van der Waals surface area (Å²) < 4.78 is 14.1. The van der Waals surface area contributed by atoms with Crippen molar-refractivity contribution in [1.29, 1.82) is 0 Å². The van der Waals surface area contributed by atoms with Crippen molar-refractivity contribution < 1.29 is 7.24 Å². The summed E-state index contributed by atoms with van der Waals surface area (Å²) in [5, 5.41) is 7.25. The molecule has 0 bridgehead atoms. The van der Waals surface area contributed by atoms with Gasteiger partial charge in [-0.2, -0.15) is 0 Å². The minimum Gasteiger partial charge on any atom is -0.375 e. The van der Waals surface area contributed by atoms with E-state index >= 15 is 0 Å². The fourth-order valence-corrected chi connectivity index (χ4v) is 3.56. The molecule has 1 aliphatic heterocycles. The second-order valence-corrected chi connectivity index (χ2v) is 8.25. The summed E-state index contributed by atoms with van der Waals surface area (Å²) in [6, 6.07) is 0. The standard InChI is InChI=1S/C27H31FN6.2H2/c1-7-18(14-29-10-4)25-24-21(15-31-26(24)34-17-33-25)19-11-12-30-23(13-19)20(8-2)22(9-3)32-16-27(5,6)28;;/h7-8,11-15,17,30,32H,2-3,10,16H2,1,4-6H3,(H,31,33,34);2*1H/b18-7+,23-20+,29-14?;;. The first kappa shape index (κ1) is 24.7. The Hall–Kier alpha value is -3.96. The van der Waals surface area contributed by atoms with Crippen molar-refractivity contribution in [2.24, 2.45) is 4.99 Å². The van der Waals surface area contributed by atoms with Crippen molar-refractivity contribution in [3.8, 4) is 0 Å². The highest BCUT2D eigenvalue weighted by Crippen LogP contribution is 2.32. The third-order valence-electron chi connectivity index (χ3n) is 5.21. The van der Waals surface area contributed by atoms with Gasteiger partial charge in [-0.3, -0.25) is 4.99 Å². The molecule has 0 saturated heterocycles. The zero-order valence-corrected chi connectivity index (χ0v) is 20.2. The van der Waals surface area contributed by atoms with Gasteiger partial charge in [-0.05, 0) is 45.4 Å². The monoisotopic (exact) mass is 462 g/mol. The van der Waals surface area contributed by atoms with E-state index in [-0.39, 0.29) is 9.40 Å². The van der Waals surface area contributed by atoms with Crippen LogP contribution in [0.15, 0.2) is 83.9 Å². The first-order valence-electron chi connectivity index (χ1n) is 11.2. The molecule has 3 rings (SSSR count). The Bertz CT molecular complexity index is 1290. The highest BCUT2D eigenvalue weighted by atomic mass is 19.1. The summed E-state index contributed by atoms with van der Waals surface area (Å²) in [6.45, 7) is 15.5. The van der Waals surface area contributed by atoms with Gasteiger partial charge in [-0.15, -0.1) is 5.73 Å². The average molecular weight is 463 g/mol. The molecule has 0 radical (unpaired) electrons. The van der Waals surface area contributed by atoms with E-state index < -0.39 is 5.67 Å². The van der Waals surface area contributed by atoms with Crippen molar-refractivity contribution in [3.05, 3.63) is 90.1 Å². The molecule has 0 aliphatic carbocycles. The van der Waals surface area contributed by atoms with E-state index in [0.717, 1.165) is 44.7 Å². The number of halogens is 1. The molecule has 3 heterocycles. The number of rotatable bonds is 9. The second kappa shape index (κ2) is 10.8. The summed E-state index contributed by atoms with van der Waals surface area (Å²) in [4.78, 5) is 16.6. The van der Waals surface area contributed by atoms with Crippen molar-refractivity contribution in [2.45, 2.75) is 33.4 Å². The first-order chi connectivity index (χ1) is 16.3. The molecule has 7 heteroatoms. The predicted molar refractivity (Wildman–Crippen MR) is 144 cm³/mol. The fourth-order valence-electron chi connectivity index (χ4n) is 3.56. The Morgan fingerprint density at radius 3 is 2.82 bits per heavy atom. The average Bonchev–Trinajstić information content (AvgIpc) is 3.26. The molecule has 1 aliphatic rings. The normalized spacial score (nSPS) is 15.7. The van der Waals surface area contributed by atoms with E-state index in [9.17, 15) is 4.39 Å². The number of dihydropyridines is 1. The van der Waals surface area contributed by atoms with Crippen LogP contribution in [-0.2, 0) is 0 Å². The molecule has 2 aromatic rings. The highest BCUT2D eigenvalue weighted by Gasteiger charge is 2.19. The Balaban J connectivity index is 0.00000324. The lowest BCUT2D eigenvalue weighted by Crippen LogP contribution is -2.31. The van der Waals surface area contributed by atoms with Gasteiger partial charge < -0.3 is 15.6 Å². The van der Waals surface area contributed by atoms with Crippen LogP contribution in [0.5, 0.6) is 0 Å². The SMILES string of the molecule is C=C=C(NCC(C)(C)F)/C(C=C)=C1\C=C(c2c[nH]c3ncnc(/C(C=NCC)=C/C)c23)C=CN1.[HH].[HH]. The van der Waals surface area contributed by atoms with Crippen molar-refractivity contribution in [1.82, 2.24) is 25.6 Å².